The maximum atomic E-state index is 12.0. The summed E-state index contributed by atoms with van der Waals surface area (Å²) in [5, 5.41) is 4.39. The Morgan fingerprint density at radius 2 is 2.28 bits per heavy atom. The van der Waals surface area contributed by atoms with Crippen molar-refractivity contribution in [3.63, 3.8) is 0 Å². The molecule has 0 radical (unpaired) electrons. The largest absolute Gasteiger partial charge is 0.466 e. The zero-order valence-electron chi connectivity index (χ0n) is 11.1. The van der Waals surface area contributed by atoms with E-state index in [0.29, 0.717) is 23.5 Å². The van der Waals surface area contributed by atoms with Gasteiger partial charge in [0.25, 0.3) is 0 Å². The van der Waals surface area contributed by atoms with Crippen molar-refractivity contribution in [3.8, 4) is 0 Å². The predicted molar refractivity (Wildman–Crippen MR) is 77.8 cm³/mol. The first-order chi connectivity index (χ1) is 8.46. The Balaban J connectivity index is 2.94. The average Bonchev–Trinajstić information content (AvgIpc) is 2.70. The van der Waals surface area contributed by atoms with Crippen LogP contribution in [0, 0.1) is 9.37 Å². The van der Waals surface area contributed by atoms with Gasteiger partial charge in [0.1, 0.15) is 0 Å². The van der Waals surface area contributed by atoms with Crippen LogP contribution in [0.1, 0.15) is 27.2 Å². The van der Waals surface area contributed by atoms with E-state index in [1.165, 1.54) is 11.3 Å². The zero-order chi connectivity index (χ0) is 13.8. The summed E-state index contributed by atoms with van der Waals surface area (Å²) in [6, 6.07) is 0. The topological polar surface area (TPSA) is 44.1 Å². The summed E-state index contributed by atoms with van der Waals surface area (Å²) in [6.07, 6.45) is 2.65. The van der Waals surface area contributed by atoms with Crippen LogP contribution >= 0.6 is 35.3 Å². The van der Waals surface area contributed by atoms with Gasteiger partial charge in [-0.3, -0.25) is 4.79 Å². The molecule has 0 aliphatic rings. The third kappa shape index (κ3) is 3.55. The Morgan fingerprint density at radius 3 is 2.72 bits per heavy atom. The van der Waals surface area contributed by atoms with Gasteiger partial charge in [0.2, 0.25) is 0 Å². The van der Waals surface area contributed by atoms with E-state index in [9.17, 15) is 4.79 Å². The summed E-state index contributed by atoms with van der Waals surface area (Å²) in [6.45, 7) is 6.55. The molecule has 102 valence electrons. The maximum Gasteiger partial charge on any atom is 0.313 e. The van der Waals surface area contributed by atoms with E-state index >= 15 is 0 Å². The van der Waals surface area contributed by atoms with Crippen molar-refractivity contribution in [2.45, 2.75) is 38.1 Å². The van der Waals surface area contributed by atoms with Gasteiger partial charge in [-0.15, -0.1) is 0 Å². The van der Waals surface area contributed by atoms with Crippen LogP contribution in [0.15, 0.2) is 4.34 Å². The third-order valence-electron chi connectivity index (χ3n) is 2.81. The zero-order valence-corrected chi connectivity index (χ0v) is 13.5. The summed E-state index contributed by atoms with van der Waals surface area (Å²) in [7, 11) is 0. The normalized spacial score (nSPS) is 14.2. The standard InChI is InChI=1S/C11H18N2O2S3/c1-5-11(3,8(14)15-6-2)7-13-10(16)18-9(12-13)17-4/h5-7H2,1-4H3. The molecule has 1 rings (SSSR count). The molecule has 0 aliphatic heterocycles. The number of carbonyl (C=O) groups excluding carboxylic acids is 1. The van der Waals surface area contributed by atoms with Crippen molar-refractivity contribution in [1.29, 1.82) is 0 Å². The van der Waals surface area contributed by atoms with E-state index in [1.54, 1.807) is 16.4 Å². The van der Waals surface area contributed by atoms with Gasteiger partial charge in [0.05, 0.1) is 18.6 Å². The molecular formula is C11H18N2O2S3. The molecule has 0 saturated heterocycles. The van der Waals surface area contributed by atoms with Crippen molar-refractivity contribution in [1.82, 2.24) is 9.78 Å². The highest BCUT2D eigenvalue weighted by Crippen LogP contribution is 2.27. The van der Waals surface area contributed by atoms with E-state index in [-0.39, 0.29) is 5.97 Å². The van der Waals surface area contributed by atoms with Gasteiger partial charge in [-0.05, 0) is 38.7 Å². The molecule has 0 aliphatic carbocycles. The van der Waals surface area contributed by atoms with Gasteiger partial charge >= 0.3 is 5.97 Å². The lowest BCUT2D eigenvalue weighted by molar-refractivity contribution is -0.155. The summed E-state index contributed by atoms with van der Waals surface area (Å²) < 4.78 is 8.47. The van der Waals surface area contributed by atoms with Crippen LogP contribution in [0.4, 0.5) is 0 Å². The second-order valence-corrected chi connectivity index (χ2v) is 6.81. The molecule has 1 heterocycles. The molecule has 4 nitrogen and oxygen atoms in total. The maximum absolute atomic E-state index is 12.0. The monoisotopic (exact) mass is 306 g/mol. The summed E-state index contributed by atoms with van der Waals surface area (Å²) in [5.74, 6) is -0.187. The van der Waals surface area contributed by atoms with E-state index in [0.717, 1.165) is 4.34 Å². The first-order valence-electron chi connectivity index (χ1n) is 5.76. The lowest BCUT2D eigenvalue weighted by atomic mass is 9.88. The number of rotatable bonds is 6. The van der Waals surface area contributed by atoms with Crippen molar-refractivity contribution in [3.05, 3.63) is 3.95 Å². The number of nitrogens with zero attached hydrogens (tertiary/aromatic N) is 2. The molecule has 1 unspecified atom stereocenters. The highest BCUT2D eigenvalue weighted by atomic mass is 32.2. The van der Waals surface area contributed by atoms with Crippen molar-refractivity contribution in [2.24, 2.45) is 5.41 Å². The fraction of sp³-hybridized carbons (Fsp3) is 0.727. The van der Waals surface area contributed by atoms with Crippen molar-refractivity contribution < 1.29 is 9.53 Å². The van der Waals surface area contributed by atoms with Crippen LogP contribution in [0.5, 0.6) is 0 Å². The Bertz CT molecular complexity index is 469. The van der Waals surface area contributed by atoms with Crippen LogP contribution in [0.25, 0.3) is 0 Å². The fourth-order valence-corrected chi connectivity index (χ4v) is 3.18. The Morgan fingerprint density at radius 1 is 1.61 bits per heavy atom. The van der Waals surface area contributed by atoms with Gasteiger partial charge in [-0.2, -0.15) is 5.10 Å². The highest BCUT2D eigenvalue weighted by Gasteiger charge is 2.34. The minimum atomic E-state index is -0.571. The Hall–Kier alpha value is -0.400. The van der Waals surface area contributed by atoms with Gasteiger partial charge in [0.15, 0.2) is 8.29 Å². The van der Waals surface area contributed by atoms with Crippen LogP contribution in [-0.4, -0.2) is 28.6 Å². The Labute approximate surface area is 121 Å². The molecule has 18 heavy (non-hydrogen) atoms. The molecule has 0 saturated carbocycles. The second kappa shape index (κ2) is 6.68. The molecule has 1 aromatic rings. The summed E-state index contributed by atoms with van der Waals surface area (Å²) >= 11 is 8.29. The number of carbonyl (C=O) groups is 1. The van der Waals surface area contributed by atoms with Crippen LogP contribution < -0.4 is 0 Å². The van der Waals surface area contributed by atoms with E-state index in [2.05, 4.69) is 5.10 Å². The fourth-order valence-electron chi connectivity index (χ4n) is 1.43. The summed E-state index contributed by atoms with van der Waals surface area (Å²) in [4.78, 5) is 12.0. The van der Waals surface area contributed by atoms with Crippen LogP contribution in [0.3, 0.4) is 0 Å². The third-order valence-corrected chi connectivity index (χ3v) is 5.09. The SMILES string of the molecule is CCOC(=O)C(C)(CC)Cn1nc(SC)sc1=S. The predicted octanol–water partition coefficient (Wildman–Crippen LogP) is 3.38. The molecule has 0 N–H and O–H groups in total. The molecule has 7 heteroatoms. The second-order valence-electron chi connectivity index (χ2n) is 4.13. The average molecular weight is 306 g/mol. The minimum Gasteiger partial charge on any atom is -0.466 e. The van der Waals surface area contributed by atoms with Gasteiger partial charge in [-0.25, -0.2) is 4.68 Å². The van der Waals surface area contributed by atoms with Crippen molar-refractivity contribution >= 4 is 41.3 Å². The highest BCUT2D eigenvalue weighted by molar-refractivity contribution is 8.00. The quantitative estimate of drug-likeness (QED) is 0.458. The number of esters is 1. The first kappa shape index (κ1) is 15.7. The van der Waals surface area contributed by atoms with Crippen LogP contribution in [0.2, 0.25) is 0 Å². The molecule has 0 aromatic carbocycles. The van der Waals surface area contributed by atoms with Crippen molar-refractivity contribution in [2.75, 3.05) is 12.9 Å². The van der Waals surface area contributed by atoms with Crippen LogP contribution in [-0.2, 0) is 16.1 Å². The number of ether oxygens (including phenoxy) is 1. The number of hydrogen-bond acceptors (Lipinski definition) is 6. The van der Waals surface area contributed by atoms with Gasteiger partial charge in [0, 0.05) is 0 Å². The molecule has 0 spiro atoms. The molecule has 1 aromatic heterocycles. The van der Waals surface area contributed by atoms with E-state index in [4.69, 9.17) is 17.0 Å². The van der Waals surface area contributed by atoms with Gasteiger partial charge < -0.3 is 4.74 Å². The molecule has 1 atom stereocenters. The smallest absolute Gasteiger partial charge is 0.313 e. The number of aromatic nitrogens is 2. The lowest BCUT2D eigenvalue weighted by Crippen LogP contribution is -2.34. The first-order valence-corrected chi connectivity index (χ1v) is 8.21. The molecule has 0 fully saturated rings. The molecule has 0 amide bonds. The minimum absolute atomic E-state index is 0.187. The Kier molecular flexibility index (Phi) is 5.81. The summed E-state index contributed by atoms with van der Waals surface area (Å²) in [5.41, 5.74) is -0.571. The molecule has 0 bridgehead atoms. The lowest BCUT2D eigenvalue weighted by Gasteiger charge is -2.25. The molecular weight excluding hydrogens is 288 g/mol. The number of hydrogen-bond donors (Lipinski definition) is 0. The van der Waals surface area contributed by atoms with Gasteiger partial charge in [-0.1, -0.05) is 30.0 Å². The number of thioether (sulfide) groups is 1. The van der Waals surface area contributed by atoms with E-state index in [1.807, 2.05) is 27.0 Å². The van der Waals surface area contributed by atoms with E-state index < -0.39 is 5.41 Å².